The summed E-state index contributed by atoms with van der Waals surface area (Å²) >= 11 is 0. The molecule has 1 aliphatic carbocycles. The molecule has 0 aromatic heterocycles. The smallest absolute Gasteiger partial charge is 0.0383 e. The summed E-state index contributed by atoms with van der Waals surface area (Å²) in [7, 11) is -0.680. The molecule has 1 fully saturated rings. The molecule has 0 bridgehead atoms. The maximum Gasteiger partial charge on any atom is 0.0383 e. The maximum absolute atomic E-state index is 11.1. The summed E-state index contributed by atoms with van der Waals surface area (Å²) in [5.74, 6) is 1.61. The summed E-state index contributed by atoms with van der Waals surface area (Å²) in [4.78, 5) is 0. The predicted octanol–water partition coefficient (Wildman–Crippen LogP) is 2.31. The molecule has 90 valence electrons. The van der Waals surface area contributed by atoms with Gasteiger partial charge in [0.1, 0.15) is 0 Å². The van der Waals surface area contributed by atoms with E-state index >= 15 is 0 Å². The topological polar surface area (TPSA) is 29.1 Å². The van der Waals surface area contributed by atoms with Crippen LogP contribution in [0.25, 0.3) is 0 Å². The van der Waals surface area contributed by atoms with Crippen LogP contribution in [0, 0.1) is 5.92 Å². The first kappa shape index (κ1) is 13.2. The molecule has 0 radical (unpaired) electrons. The van der Waals surface area contributed by atoms with Crippen LogP contribution in [0.1, 0.15) is 46.0 Å². The van der Waals surface area contributed by atoms with E-state index in [0.717, 1.165) is 11.7 Å². The minimum Gasteiger partial charge on any atom is -0.311 e. The van der Waals surface area contributed by atoms with Gasteiger partial charge in [-0.05, 0) is 32.6 Å². The number of nitrogens with one attached hydrogen (secondary N) is 1. The number of hydrogen-bond donors (Lipinski definition) is 1. The average Bonchev–Trinajstić information content (AvgIpc) is 2.17. The molecule has 3 unspecified atom stereocenters. The van der Waals surface area contributed by atoms with Crippen molar-refractivity contribution in [2.24, 2.45) is 5.92 Å². The third kappa shape index (κ3) is 5.12. The first-order valence-corrected chi connectivity index (χ1v) is 7.88. The summed E-state index contributed by atoms with van der Waals surface area (Å²) in [6.45, 7) is 4.42. The Morgan fingerprint density at radius 1 is 1.27 bits per heavy atom. The maximum atomic E-state index is 11.1. The Morgan fingerprint density at radius 3 is 2.40 bits per heavy atom. The van der Waals surface area contributed by atoms with Crippen molar-refractivity contribution in [3.8, 4) is 0 Å². The van der Waals surface area contributed by atoms with Gasteiger partial charge in [0.25, 0.3) is 0 Å². The molecule has 3 atom stereocenters. The molecular weight excluding hydrogens is 206 g/mol. The van der Waals surface area contributed by atoms with Crippen molar-refractivity contribution in [3.63, 3.8) is 0 Å². The highest BCUT2D eigenvalue weighted by molar-refractivity contribution is 7.84. The van der Waals surface area contributed by atoms with Crippen molar-refractivity contribution < 1.29 is 4.21 Å². The fourth-order valence-electron chi connectivity index (χ4n) is 2.62. The second-order valence-electron chi connectivity index (χ2n) is 4.99. The van der Waals surface area contributed by atoms with Crippen molar-refractivity contribution in [1.82, 2.24) is 5.32 Å². The molecule has 0 heterocycles. The lowest BCUT2D eigenvalue weighted by atomic mass is 9.84. The number of hydrogen-bond acceptors (Lipinski definition) is 2. The molecule has 0 spiro atoms. The fraction of sp³-hybridized carbons (Fsp3) is 1.00. The van der Waals surface area contributed by atoms with Crippen LogP contribution in [0.4, 0.5) is 0 Å². The van der Waals surface area contributed by atoms with Gasteiger partial charge in [-0.1, -0.05) is 19.3 Å². The molecular formula is C12H25NOS. The molecule has 3 heteroatoms. The molecule has 15 heavy (non-hydrogen) atoms. The van der Waals surface area contributed by atoms with E-state index in [1.807, 2.05) is 0 Å². The molecule has 0 amide bonds. The van der Waals surface area contributed by atoms with Crippen LogP contribution in [0.15, 0.2) is 0 Å². The van der Waals surface area contributed by atoms with Crippen molar-refractivity contribution in [2.75, 3.05) is 12.0 Å². The molecule has 1 rings (SSSR count). The Balaban J connectivity index is 2.26. The lowest BCUT2D eigenvalue weighted by molar-refractivity contribution is 0.271. The normalized spacial score (nSPS) is 24.7. The summed E-state index contributed by atoms with van der Waals surface area (Å²) in [5, 5.41) is 3.59. The first-order valence-electron chi connectivity index (χ1n) is 6.15. The van der Waals surface area contributed by atoms with E-state index in [0.29, 0.717) is 12.1 Å². The van der Waals surface area contributed by atoms with E-state index in [-0.39, 0.29) is 0 Å². The van der Waals surface area contributed by atoms with Gasteiger partial charge in [0.05, 0.1) is 0 Å². The summed E-state index contributed by atoms with van der Waals surface area (Å²) in [6, 6.07) is 0.969. The van der Waals surface area contributed by atoms with Gasteiger partial charge in [-0.3, -0.25) is 4.21 Å². The van der Waals surface area contributed by atoms with Crippen LogP contribution in [0.2, 0.25) is 0 Å². The van der Waals surface area contributed by atoms with E-state index in [4.69, 9.17) is 0 Å². The van der Waals surface area contributed by atoms with E-state index < -0.39 is 10.8 Å². The quantitative estimate of drug-likeness (QED) is 0.787. The molecule has 0 aromatic rings. The van der Waals surface area contributed by atoms with Crippen molar-refractivity contribution >= 4 is 10.8 Å². The SMILES string of the molecule is CC(CS(C)=O)NC(C)C1CCCCC1. The van der Waals surface area contributed by atoms with Gasteiger partial charge < -0.3 is 5.32 Å². The minimum atomic E-state index is -0.680. The molecule has 0 saturated heterocycles. The summed E-state index contributed by atoms with van der Waals surface area (Å²) in [5.41, 5.74) is 0. The van der Waals surface area contributed by atoms with E-state index in [1.54, 1.807) is 6.26 Å². The molecule has 0 aliphatic heterocycles. The first-order chi connectivity index (χ1) is 7.09. The fourth-order valence-corrected chi connectivity index (χ4v) is 3.42. The van der Waals surface area contributed by atoms with Gasteiger partial charge in [-0.15, -0.1) is 0 Å². The molecule has 1 saturated carbocycles. The van der Waals surface area contributed by atoms with Crippen LogP contribution >= 0.6 is 0 Å². The van der Waals surface area contributed by atoms with Gasteiger partial charge in [-0.2, -0.15) is 0 Å². The zero-order valence-corrected chi connectivity index (χ0v) is 11.1. The van der Waals surface area contributed by atoms with Crippen molar-refractivity contribution in [1.29, 1.82) is 0 Å². The lowest BCUT2D eigenvalue weighted by Crippen LogP contribution is -2.42. The Morgan fingerprint density at radius 2 is 1.87 bits per heavy atom. The molecule has 1 N–H and O–H groups in total. The predicted molar refractivity (Wildman–Crippen MR) is 67.6 cm³/mol. The van der Waals surface area contributed by atoms with Crippen molar-refractivity contribution in [2.45, 2.75) is 58.0 Å². The number of rotatable bonds is 5. The van der Waals surface area contributed by atoms with Gasteiger partial charge in [0, 0.05) is 34.9 Å². The lowest BCUT2D eigenvalue weighted by Gasteiger charge is -2.30. The third-order valence-corrected chi connectivity index (χ3v) is 4.36. The highest BCUT2D eigenvalue weighted by atomic mass is 32.2. The van der Waals surface area contributed by atoms with Gasteiger partial charge >= 0.3 is 0 Å². The van der Waals surface area contributed by atoms with Gasteiger partial charge in [0.15, 0.2) is 0 Å². The zero-order valence-electron chi connectivity index (χ0n) is 10.3. The van der Waals surface area contributed by atoms with Gasteiger partial charge in [0.2, 0.25) is 0 Å². The largest absolute Gasteiger partial charge is 0.311 e. The standard InChI is InChI=1S/C12H25NOS/c1-10(9-15(3)14)13-11(2)12-7-5-4-6-8-12/h10-13H,4-9H2,1-3H3. The third-order valence-electron chi connectivity index (χ3n) is 3.39. The zero-order chi connectivity index (χ0) is 11.3. The van der Waals surface area contributed by atoms with Crippen LogP contribution in [0.5, 0.6) is 0 Å². The Labute approximate surface area is 96.7 Å². The second-order valence-corrected chi connectivity index (χ2v) is 6.47. The average molecular weight is 231 g/mol. The minimum absolute atomic E-state index is 0.382. The van der Waals surface area contributed by atoms with Crippen LogP contribution in [-0.2, 0) is 10.8 Å². The molecule has 1 aliphatic rings. The Hall–Kier alpha value is 0.110. The van der Waals surface area contributed by atoms with Crippen LogP contribution < -0.4 is 5.32 Å². The van der Waals surface area contributed by atoms with Gasteiger partial charge in [-0.25, -0.2) is 0 Å². The highest BCUT2D eigenvalue weighted by Crippen LogP contribution is 2.26. The second kappa shape index (κ2) is 6.64. The van der Waals surface area contributed by atoms with E-state index in [2.05, 4.69) is 19.2 Å². The summed E-state index contributed by atoms with van der Waals surface area (Å²) < 4.78 is 11.1. The molecule has 0 aromatic carbocycles. The summed E-state index contributed by atoms with van der Waals surface area (Å²) in [6.07, 6.45) is 8.73. The highest BCUT2D eigenvalue weighted by Gasteiger charge is 2.21. The van der Waals surface area contributed by atoms with E-state index in [1.165, 1.54) is 32.1 Å². The Bertz CT molecular complexity index is 202. The van der Waals surface area contributed by atoms with E-state index in [9.17, 15) is 4.21 Å². The van der Waals surface area contributed by atoms with Crippen molar-refractivity contribution in [3.05, 3.63) is 0 Å². The Kier molecular flexibility index (Phi) is 5.83. The molecule has 2 nitrogen and oxygen atoms in total. The van der Waals surface area contributed by atoms with Crippen LogP contribution in [-0.4, -0.2) is 28.3 Å². The monoisotopic (exact) mass is 231 g/mol. The van der Waals surface area contributed by atoms with Crippen LogP contribution in [0.3, 0.4) is 0 Å².